The summed E-state index contributed by atoms with van der Waals surface area (Å²) in [7, 11) is 1.31. The van der Waals surface area contributed by atoms with Gasteiger partial charge in [0.25, 0.3) is 5.56 Å². The Morgan fingerprint density at radius 1 is 1.03 bits per heavy atom. The minimum atomic E-state index is -0.622. The molecule has 0 amide bonds. The maximum Gasteiger partial charge on any atom is 0.358 e. The van der Waals surface area contributed by atoms with Crippen molar-refractivity contribution < 1.29 is 19.0 Å². The molecule has 2 heterocycles. The Kier molecular flexibility index (Phi) is 6.59. The fraction of sp³-hybridized carbons (Fsp3) is 0.214. The van der Waals surface area contributed by atoms with Gasteiger partial charge in [-0.05, 0) is 41.0 Å². The topological polar surface area (TPSA) is 66.8 Å². The van der Waals surface area contributed by atoms with Crippen LogP contribution in [0.2, 0.25) is 0 Å². The Morgan fingerprint density at radius 3 is 2.66 bits per heavy atom. The molecular weight excluding hydrogens is 510 g/mol. The molecule has 1 aliphatic heterocycles. The molecule has 35 heavy (non-hydrogen) atoms. The first-order valence-electron chi connectivity index (χ1n) is 11.4. The van der Waals surface area contributed by atoms with Gasteiger partial charge in [-0.15, -0.1) is 0 Å². The van der Waals surface area contributed by atoms with Crippen molar-refractivity contribution in [2.45, 2.75) is 19.4 Å². The molecule has 0 bridgehead atoms. The zero-order valence-corrected chi connectivity index (χ0v) is 20.8. The van der Waals surface area contributed by atoms with E-state index in [9.17, 15) is 9.59 Å². The highest BCUT2D eigenvalue weighted by molar-refractivity contribution is 9.10. The van der Waals surface area contributed by atoms with Gasteiger partial charge in [-0.1, -0.05) is 58.4 Å². The van der Waals surface area contributed by atoms with Gasteiger partial charge in [-0.25, -0.2) is 4.79 Å². The summed E-state index contributed by atoms with van der Waals surface area (Å²) in [5, 5.41) is 1.04. The summed E-state index contributed by atoms with van der Waals surface area (Å²) < 4.78 is 19.2. The van der Waals surface area contributed by atoms with Crippen LogP contribution in [0.3, 0.4) is 0 Å². The summed E-state index contributed by atoms with van der Waals surface area (Å²) in [5.41, 5.74) is 2.94. The molecule has 1 aromatic heterocycles. The van der Waals surface area contributed by atoms with E-state index in [2.05, 4.69) is 15.9 Å². The van der Waals surface area contributed by atoms with Gasteiger partial charge >= 0.3 is 5.97 Å². The molecule has 0 N–H and O–H groups in total. The standard InChI is InChI=1S/C28H24BrNO5/c1-33-28(32)25-26(35-13-11-18-5-3-2-4-6-18)23-16-21(29)8-9-22(23)27(31)30(25)17-19-7-10-24-20(15-19)12-14-34-24/h2-10,15-16H,11-14,17H2,1H3. The SMILES string of the molecule is COC(=O)c1c(OCCc2ccccc2)c2cc(Br)ccc2c(=O)n1Cc1ccc2c(c1)CCO2. The number of pyridine rings is 1. The van der Waals surface area contributed by atoms with E-state index in [4.69, 9.17) is 14.2 Å². The highest BCUT2D eigenvalue weighted by Crippen LogP contribution is 2.32. The molecule has 0 fully saturated rings. The summed E-state index contributed by atoms with van der Waals surface area (Å²) in [6.45, 7) is 1.19. The number of fused-ring (bicyclic) bond motifs is 2. The molecule has 4 aromatic rings. The summed E-state index contributed by atoms with van der Waals surface area (Å²) >= 11 is 3.48. The molecule has 0 unspecified atom stereocenters. The van der Waals surface area contributed by atoms with Crippen LogP contribution in [0.15, 0.2) is 76.0 Å². The third kappa shape index (κ3) is 4.68. The van der Waals surface area contributed by atoms with Crippen LogP contribution in [0.5, 0.6) is 11.5 Å². The highest BCUT2D eigenvalue weighted by atomic mass is 79.9. The quantitative estimate of drug-likeness (QED) is 0.307. The third-order valence-electron chi connectivity index (χ3n) is 6.14. The number of ether oxygens (including phenoxy) is 3. The predicted octanol–water partition coefficient (Wildman–Crippen LogP) is 5.16. The summed E-state index contributed by atoms with van der Waals surface area (Å²) in [6, 6.07) is 21.2. The molecule has 7 heteroatoms. The Balaban J connectivity index is 1.62. The second-order valence-electron chi connectivity index (χ2n) is 8.38. The summed E-state index contributed by atoms with van der Waals surface area (Å²) in [4.78, 5) is 26.7. The van der Waals surface area contributed by atoms with Gasteiger partial charge in [0.2, 0.25) is 0 Å². The van der Waals surface area contributed by atoms with E-state index < -0.39 is 5.97 Å². The lowest BCUT2D eigenvalue weighted by atomic mass is 10.1. The average molecular weight is 534 g/mol. The fourth-order valence-electron chi connectivity index (χ4n) is 4.42. The lowest BCUT2D eigenvalue weighted by Crippen LogP contribution is -2.28. The van der Waals surface area contributed by atoms with Crippen molar-refractivity contribution in [2.24, 2.45) is 0 Å². The normalized spacial score (nSPS) is 12.3. The van der Waals surface area contributed by atoms with Gasteiger partial charge in [0.15, 0.2) is 11.4 Å². The molecule has 0 saturated carbocycles. The lowest BCUT2D eigenvalue weighted by molar-refractivity contribution is 0.0582. The van der Waals surface area contributed by atoms with E-state index >= 15 is 0 Å². The second-order valence-corrected chi connectivity index (χ2v) is 9.29. The molecule has 178 valence electrons. The highest BCUT2D eigenvalue weighted by Gasteiger charge is 2.25. The smallest absolute Gasteiger partial charge is 0.358 e. The molecule has 0 spiro atoms. The van der Waals surface area contributed by atoms with E-state index in [0.29, 0.717) is 36.2 Å². The Morgan fingerprint density at radius 2 is 1.86 bits per heavy atom. The lowest BCUT2D eigenvalue weighted by Gasteiger charge is -2.19. The summed E-state index contributed by atoms with van der Waals surface area (Å²) in [5.74, 6) is 0.582. The van der Waals surface area contributed by atoms with Gasteiger partial charge in [-0.3, -0.25) is 9.36 Å². The maximum absolute atomic E-state index is 13.6. The van der Waals surface area contributed by atoms with Crippen LogP contribution < -0.4 is 15.0 Å². The molecule has 1 aliphatic rings. The second kappa shape index (κ2) is 9.96. The van der Waals surface area contributed by atoms with Crippen molar-refractivity contribution in [3.63, 3.8) is 0 Å². The van der Waals surface area contributed by atoms with Crippen LogP contribution >= 0.6 is 15.9 Å². The van der Waals surface area contributed by atoms with Gasteiger partial charge in [-0.2, -0.15) is 0 Å². The molecule has 6 nitrogen and oxygen atoms in total. The Labute approximate surface area is 211 Å². The number of hydrogen-bond donors (Lipinski definition) is 0. The van der Waals surface area contributed by atoms with Crippen molar-refractivity contribution in [2.75, 3.05) is 20.3 Å². The first kappa shape index (κ1) is 23.2. The fourth-order valence-corrected chi connectivity index (χ4v) is 4.78. The minimum absolute atomic E-state index is 0.105. The van der Waals surface area contributed by atoms with Crippen molar-refractivity contribution in [3.05, 3.63) is 104 Å². The number of esters is 1. The van der Waals surface area contributed by atoms with Crippen molar-refractivity contribution in [3.8, 4) is 11.5 Å². The molecule has 5 rings (SSSR count). The predicted molar refractivity (Wildman–Crippen MR) is 138 cm³/mol. The van der Waals surface area contributed by atoms with Crippen molar-refractivity contribution in [1.82, 2.24) is 4.57 Å². The molecule has 3 aromatic carbocycles. The first-order valence-corrected chi connectivity index (χ1v) is 12.2. The van der Waals surface area contributed by atoms with Crippen LogP contribution in [0.25, 0.3) is 10.8 Å². The molecule has 0 atom stereocenters. The zero-order valence-electron chi connectivity index (χ0n) is 19.3. The van der Waals surface area contributed by atoms with E-state index in [1.807, 2.05) is 54.6 Å². The van der Waals surface area contributed by atoms with Crippen LogP contribution in [-0.2, 0) is 24.1 Å². The number of aromatic nitrogens is 1. The maximum atomic E-state index is 13.6. The van der Waals surface area contributed by atoms with E-state index in [1.165, 1.54) is 11.7 Å². The Bertz CT molecular complexity index is 1460. The monoisotopic (exact) mass is 533 g/mol. The molecule has 0 aliphatic carbocycles. The molecule has 0 saturated heterocycles. The van der Waals surface area contributed by atoms with Gasteiger partial charge < -0.3 is 14.2 Å². The van der Waals surface area contributed by atoms with Gasteiger partial charge in [0, 0.05) is 22.7 Å². The number of hydrogen-bond acceptors (Lipinski definition) is 5. The van der Waals surface area contributed by atoms with Gasteiger partial charge in [0.1, 0.15) is 5.75 Å². The van der Waals surface area contributed by atoms with Crippen LogP contribution in [0.4, 0.5) is 0 Å². The van der Waals surface area contributed by atoms with E-state index in [0.717, 1.165) is 33.3 Å². The summed E-state index contributed by atoms with van der Waals surface area (Å²) in [6.07, 6.45) is 1.47. The van der Waals surface area contributed by atoms with Crippen LogP contribution in [-0.4, -0.2) is 30.9 Å². The van der Waals surface area contributed by atoms with Crippen LogP contribution in [0, 0.1) is 0 Å². The van der Waals surface area contributed by atoms with E-state index in [-0.39, 0.29) is 17.8 Å². The molecule has 0 radical (unpaired) electrons. The van der Waals surface area contributed by atoms with Crippen LogP contribution in [0.1, 0.15) is 27.2 Å². The zero-order chi connectivity index (χ0) is 24.4. The number of nitrogens with zero attached hydrogens (tertiary/aromatic N) is 1. The van der Waals surface area contributed by atoms with Crippen molar-refractivity contribution in [1.29, 1.82) is 0 Å². The molecular formula is C28H24BrNO5. The van der Waals surface area contributed by atoms with Gasteiger partial charge in [0.05, 0.1) is 32.3 Å². The van der Waals surface area contributed by atoms with E-state index in [1.54, 1.807) is 12.1 Å². The number of carbonyl (C=O) groups is 1. The largest absolute Gasteiger partial charge is 0.493 e. The number of rotatable bonds is 7. The average Bonchev–Trinajstić information content (AvgIpc) is 3.34. The van der Waals surface area contributed by atoms with Crippen molar-refractivity contribution >= 4 is 32.7 Å². The third-order valence-corrected chi connectivity index (χ3v) is 6.63. The first-order chi connectivity index (χ1) is 17.0. The number of benzene rings is 3. The minimum Gasteiger partial charge on any atom is -0.493 e. The number of carbonyl (C=O) groups excluding carboxylic acids is 1. The Hall–Kier alpha value is -3.58. The number of halogens is 1. The number of methoxy groups -OCH3 is 1.